The molecule has 0 unspecified atom stereocenters. The fourth-order valence-electron chi connectivity index (χ4n) is 6.45. The van der Waals surface area contributed by atoms with Crippen molar-refractivity contribution in [2.45, 2.75) is 103 Å². The van der Waals surface area contributed by atoms with Crippen molar-refractivity contribution in [3.63, 3.8) is 0 Å². The summed E-state index contributed by atoms with van der Waals surface area (Å²) in [6, 6.07) is 26.8. The number of fused-ring (bicyclic) bond motifs is 4. The standard InChI is InChI=1S/4C9H11.2CH2.2ClH.2Ti/c4*1-2-5-9-7-3-6-8(9)4-1;;;;;;/h4*3,6-7H,1-2,4-5H2;2*1H2;2*1H;;/q4*-1;;;;;2*+2/p-2. The Labute approximate surface area is 292 Å². The first-order valence-corrected chi connectivity index (χ1v) is 17.7. The maximum absolute atomic E-state index is 3.25. The Morgan fingerprint density at radius 1 is 0.357 bits per heavy atom. The summed E-state index contributed by atoms with van der Waals surface area (Å²) >= 11 is 3.50. The van der Waals surface area contributed by atoms with E-state index in [9.17, 15) is 0 Å². The minimum atomic E-state index is 0. The fourth-order valence-corrected chi connectivity index (χ4v) is 6.45. The molecule has 0 aliphatic heterocycles. The average molecular weight is 671 g/mol. The third kappa shape index (κ3) is 12.6. The molecule has 0 bridgehead atoms. The minimum absolute atomic E-state index is 0. The van der Waals surface area contributed by atoms with Crippen molar-refractivity contribution in [1.29, 1.82) is 0 Å². The summed E-state index contributed by atoms with van der Waals surface area (Å²) in [5, 5.41) is 0. The van der Waals surface area contributed by atoms with Gasteiger partial charge >= 0.3 is 49.6 Å². The number of halogens is 2. The normalized spacial score (nSPS) is 15.1. The maximum atomic E-state index is 3.25. The Bertz CT molecular complexity index is 938. The summed E-state index contributed by atoms with van der Waals surface area (Å²) in [6.45, 7) is 0. The molecule has 0 fully saturated rings. The molecule has 0 saturated heterocycles. The number of hydrogen-bond acceptors (Lipinski definition) is 0. The van der Waals surface area contributed by atoms with Gasteiger partial charge in [-0.05, 0) is 0 Å². The van der Waals surface area contributed by atoms with Crippen molar-refractivity contribution >= 4 is 9.63 Å². The van der Waals surface area contributed by atoms with Gasteiger partial charge in [-0.1, -0.05) is 103 Å². The minimum Gasteiger partial charge on any atom is -1.00 e. The van der Waals surface area contributed by atoms with E-state index in [4.69, 9.17) is 0 Å². The monoisotopic (exact) mass is 670 g/mol. The Hall–Kier alpha value is -0.851. The van der Waals surface area contributed by atoms with Gasteiger partial charge in [0, 0.05) is 0 Å². The van der Waals surface area contributed by atoms with Crippen LogP contribution in [0, 0.1) is 0 Å². The molecule has 4 aromatic carbocycles. The molecular formula is C38H48Cl2Ti2-2. The van der Waals surface area contributed by atoms with Crippen LogP contribution >= 0.6 is 0 Å². The molecule has 4 aliphatic carbocycles. The van der Waals surface area contributed by atoms with Gasteiger partial charge in [-0.2, -0.15) is 93.0 Å². The molecule has 0 heterocycles. The Kier molecular flexibility index (Phi) is 21.9. The zero-order valence-electron chi connectivity index (χ0n) is 25.4. The van der Waals surface area contributed by atoms with Gasteiger partial charge in [-0.3, -0.25) is 0 Å². The van der Waals surface area contributed by atoms with Gasteiger partial charge in [0.05, 0.1) is 0 Å². The van der Waals surface area contributed by atoms with E-state index < -0.39 is 0 Å². The van der Waals surface area contributed by atoms with Gasteiger partial charge in [0.1, 0.15) is 0 Å². The number of rotatable bonds is 0. The molecule has 0 saturated carbocycles. The first-order chi connectivity index (χ1) is 19.9. The van der Waals surface area contributed by atoms with E-state index in [2.05, 4.69) is 82.4 Å². The average Bonchev–Trinajstić information content (AvgIpc) is 3.86. The van der Waals surface area contributed by atoms with Crippen LogP contribution in [0.5, 0.6) is 0 Å². The molecule has 0 nitrogen and oxygen atoms in total. The van der Waals surface area contributed by atoms with Gasteiger partial charge < -0.3 is 24.8 Å². The molecular weight excluding hydrogens is 623 g/mol. The topological polar surface area (TPSA) is 0 Å². The van der Waals surface area contributed by atoms with Gasteiger partial charge in [-0.25, -0.2) is 24.3 Å². The van der Waals surface area contributed by atoms with Crippen LogP contribution in [0.1, 0.15) is 95.9 Å². The van der Waals surface area contributed by atoms with Gasteiger partial charge in [-0.15, -0.1) is 0 Å². The van der Waals surface area contributed by atoms with E-state index in [1.54, 1.807) is 84.5 Å². The molecule has 4 aliphatic rings. The third-order valence-electron chi connectivity index (χ3n) is 8.60. The van der Waals surface area contributed by atoms with Crippen LogP contribution in [0.25, 0.3) is 0 Å². The quantitative estimate of drug-likeness (QED) is 0.199. The summed E-state index contributed by atoms with van der Waals surface area (Å²) in [6.07, 6.45) is 21.8. The van der Waals surface area contributed by atoms with Gasteiger partial charge in [0.2, 0.25) is 0 Å². The van der Waals surface area contributed by atoms with Crippen LogP contribution in [0.3, 0.4) is 0 Å². The molecule has 224 valence electrons. The number of aryl methyl sites for hydroxylation is 8. The molecule has 0 amide bonds. The summed E-state index contributed by atoms with van der Waals surface area (Å²) in [5.41, 5.74) is 12.8. The predicted octanol–water partition coefficient (Wildman–Crippen LogP) is 3.08. The smallest absolute Gasteiger partial charge is 0.0512 e. The SMILES string of the molecule is [CH2]=[Ti+2].[CH2]=[Ti+2].[Cl-].[Cl-].c1cc2c([cH-]1)CCCC2.c1cc2c([cH-]1)CCCC2.c1cc2c([cH-]1)CCCC2.c1cc2c([cH-]1)CCCC2. The summed E-state index contributed by atoms with van der Waals surface area (Å²) in [5.74, 6) is 0. The van der Waals surface area contributed by atoms with Gasteiger partial charge in [0.25, 0.3) is 0 Å². The molecule has 0 spiro atoms. The second kappa shape index (κ2) is 23.5. The molecule has 4 heteroatoms. The first-order valence-electron chi connectivity index (χ1n) is 15.5. The molecule has 8 rings (SSSR count). The molecule has 0 aromatic heterocycles. The summed E-state index contributed by atoms with van der Waals surface area (Å²) in [7, 11) is 0. The molecule has 0 atom stereocenters. The Balaban J connectivity index is 0.000000265. The van der Waals surface area contributed by atoms with E-state index in [1.807, 2.05) is 0 Å². The third-order valence-corrected chi connectivity index (χ3v) is 8.60. The number of hydrogen-bond donors (Lipinski definition) is 0. The van der Waals surface area contributed by atoms with E-state index in [-0.39, 0.29) is 24.8 Å². The van der Waals surface area contributed by atoms with Crippen molar-refractivity contribution in [3.8, 4) is 0 Å². The Morgan fingerprint density at radius 3 is 0.738 bits per heavy atom. The second-order valence-electron chi connectivity index (χ2n) is 11.1. The van der Waals surface area contributed by atoms with Crippen LogP contribution in [0.4, 0.5) is 0 Å². The molecule has 0 N–H and O–H groups in total. The first kappa shape index (κ1) is 39.2. The van der Waals surface area contributed by atoms with Crippen molar-refractivity contribution in [3.05, 3.63) is 117 Å². The fraction of sp³-hybridized carbons (Fsp3) is 0.421. The molecule has 4 aromatic rings. The zero-order valence-corrected chi connectivity index (χ0v) is 30.0. The van der Waals surface area contributed by atoms with Gasteiger partial charge in [0.15, 0.2) is 0 Å². The van der Waals surface area contributed by atoms with E-state index in [0.29, 0.717) is 0 Å². The van der Waals surface area contributed by atoms with E-state index >= 15 is 0 Å². The van der Waals surface area contributed by atoms with Crippen LogP contribution in [0.2, 0.25) is 0 Å². The van der Waals surface area contributed by atoms with Crippen molar-refractivity contribution in [2.24, 2.45) is 0 Å². The maximum Gasteiger partial charge on any atom is -0.0512 e. The summed E-state index contributed by atoms with van der Waals surface area (Å²) in [4.78, 5) is 6.50. The zero-order chi connectivity index (χ0) is 28.4. The van der Waals surface area contributed by atoms with E-state index in [0.717, 1.165) is 0 Å². The van der Waals surface area contributed by atoms with Crippen molar-refractivity contribution in [2.75, 3.05) is 0 Å². The van der Waals surface area contributed by atoms with Crippen LogP contribution in [-0.4, -0.2) is 9.63 Å². The predicted molar refractivity (Wildman–Crippen MR) is 169 cm³/mol. The van der Waals surface area contributed by atoms with Crippen molar-refractivity contribution < 1.29 is 64.8 Å². The van der Waals surface area contributed by atoms with Crippen LogP contribution in [0.15, 0.2) is 72.8 Å². The molecule has 0 radical (unpaired) electrons. The van der Waals surface area contributed by atoms with E-state index in [1.165, 1.54) is 103 Å². The second-order valence-corrected chi connectivity index (χ2v) is 11.1. The van der Waals surface area contributed by atoms with Crippen LogP contribution in [-0.2, 0) is 91.3 Å². The largest absolute Gasteiger partial charge is 1.00 e. The van der Waals surface area contributed by atoms with Crippen molar-refractivity contribution in [1.82, 2.24) is 0 Å². The molecule has 42 heavy (non-hydrogen) atoms. The Morgan fingerprint density at radius 2 is 0.548 bits per heavy atom. The summed E-state index contributed by atoms with van der Waals surface area (Å²) < 4.78 is 0. The van der Waals surface area contributed by atoms with Crippen LogP contribution < -0.4 is 24.8 Å².